The number of ether oxygens (including phenoxy) is 4. The lowest BCUT2D eigenvalue weighted by Crippen LogP contribution is -2.25. The third kappa shape index (κ3) is 3.13. The zero-order chi connectivity index (χ0) is 15.4. The van der Waals surface area contributed by atoms with E-state index in [1.165, 1.54) is 0 Å². The molecule has 0 bridgehead atoms. The molecule has 0 spiro atoms. The van der Waals surface area contributed by atoms with Crippen molar-refractivity contribution in [3.05, 3.63) is 23.8 Å². The Morgan fingerprint density at radius 2 is 2.00 bits per heavy atom. The second-order valence-electron chi connectivity index (χ2n) is 5.12. The van der Waals surface area contributed by atoms with E-state index < -0.39 is 0 Å². The van der Waals surface area contributed by atoms with E-state index in [-0.39, 0.29) is 23.9 Å². The Balaban J connectivity index is 2.29. The van der Waals surface area contributed by atoms with Crippen LogP contribution in [-0.4, -0.2) is 33.4 Å². The molecule has 1 aliphatic heterocycles. The number of esters is 1. The SMILES string of the molecule is CCOC(=O)[C@H]1C(C)CO[C@@H]1c1ccc(OC)c(OC)c1. The van der Waals surface area contributed by atoms with E-state index in [1.54, 1.807) is 14.2 Å². The number of methoxy groups -OCH3 is 2. The minimum absolute atomic E-state index is 0.127. The second kappa shape index (κ2) is 6.80. The van der Waals surface area contributed by atoms with E-state index in [0.717, 1.165) is 5.56 Å². The first-order valence-corrected chi connectivity index (χ1v) is 7.12. The van der Waals surface area contributed by atoms with Crippen LogP contribution in [0.4, 0.5) is 0 Å². The van der Waals surface area contributed by atoms with Crippen molar-refractivity contribution in [2.24, 2.45) is 11.8 Å². The average Bonchev–Trinajstić information content (AvgIpc) is 2.88. The summed E-state index contributed by atoms with van der Waals surface area (Å²) in [4.78, 5) is 12.2. The van der Waals surface area contributed by atoms with E-state index in [0.29, 0.717) is 24.7 Å². The zero-order valence-corrected chi connectivity index (χ0v) is 12.9. The van der Waals surface area contributed by atoms with Crippen molar-refractivity contribution in [2.45, 2.75) is 20.0 Å². The van der Waals surface area contributed by atoms with Crippen LogP contribution < -0.4 is 9.47 Å². The minimum Gasteiger partial charge on any atom is -0.493 e. The van der Waals surface area contributed by atoms with E-state index in [9.17, 15) is 4.79 Å². The average molecular weight is 294 g/mol. The molecule has 1 unspecified atom stereocenters. The Morgan fingerprint density at radius 1 is 1.29 bits per heavy atom. The molecule has 1 aromatic rings. The van der Waals surface area contributed by atoms with Gasteiger partial charge in [-0.3, -0.25) is 4.79 Å². The fourth-order valence-electron chi connectivity index (χ4n) is 2.69. The summed E-state index contributed by atoms with van der Waals surface area (Å²) in [6.45, 7) is 4.73. The van der Waals surface area contributed by atoms with Gasteiger partial charge < -0.3 is 18.9 Å². The van der Waals surface area contributed by atoms with E-state index in [4.69, 9.17) is 18.9 Å². The third-order valence-corrected chi connectivity index (χ3v) is 3.77. The molecule has 0 N–H and O–H groups in total. The van der Waals surface area contributed by atoms with Gasteiger partial charge in [-0.1, -0.05) is 13.0 Å². The smallest absolute Gasteiger partial charge is 0.312 e. The molecule has 0 saturated carbocycles. The Hall–Kier alpha value is -1.75. The van der Waals surface area contributed by atoms with Crippen molar-refractivity contribution in [1.82, 2.24) is 0 Å². The molecule has 0 radical (unpaired) electrons. The van der Waals surface area contributed by atoms with Crippen LogP contribution in [0.2, 0.25) is 0 Å². The molecule has 21 heavy (non-hydrogen) atoms. The second-order valence-corrected chi connectivity index (χ2v) is 5.12. The summed E-state index contributed by atoms with van der Waals surface area (Å²) in [5, 5.41) is 0. The maximum Gasteiger partial charge on any atom is 0.312 e. The van der Waals surface area contributed by atoms with Crippen LogP contribution in [0.3, 0.4) is 0 Å². The highest BCUT2D eigenvalue weighted by atomic mass is 16.5. The van der Waals surface area contributed by atoms with Crippen LogP contribution in [0.15, 0.2) is 18.2 Å². The van der Waals surface area contributed by atoms with Gasteiger partial charge in [-0.25, -0.2) is 0 Å². The molecule has 5 nitrogen and oxygen atoms in total. The zero-order valence-electron chi connectivity index (χ0n) is 12.9. The summed E-state index contributed by atoms with van der Waals surface area (Å²) < 4.78 is 21.5. The van der Waals surface area contributed by atoms with Crippen molar-refractivity contribution in [3.8, 4) is 11.5 Å². The summed E-state index contributed by atoms with van der Waals surface area (Å²) in [6, 6.07) is 5.58. The lowest BCUT2D eigenvalue weighted by atomic mass is 9.88. The van der Waals surface area contributed by atoms with Gasteiger partial charge in [0.2, 0.25) is 0 Å². The molecule has 3 atom stereocenters. The lowest BCUT2D eigenvalue weighted by molar-refractivity contribution is -0.151. The summed E-state index contributed by atoms with van der Waals surface area (Å²) in [5.74, 6) is 0.910. The van der Waals surface area contributed by atoms with Crippen molar-refractivity contribution in [1.29, 1.82) is 0 Å². The predicted molar refractivity (Wildman–Crippen MR) is 77.5 cm³/mol. The molecule has 1 aromatic carbocycles. The molecular formula is C16H22O5. The van der Waals surface area contributed by atoms with E-state index in [1.807, 2.05) is 32.0 Å². The largest absolute Gasteiger partial charge is 0.493 e. The first-order valence-electron chi connectivity index (χ1n) is 7.12. The number of hydrogen-bond acceptors (Lipinski definition) is 5. The van der Waals surface area contributed by atoms with Crippen LogP contribution in [-0.2, 0) is 14.3 Å². The van der Waals surface area contributed by atoms with Crippen LogP contribution in [0.5, 0.6) is 11.5 Å². The summed E-state index contributed by atoms with van der Waals surface area (Å²) in [5.41, 5.74) is 0.898. The highest BCUT2D eigenvalue weighted by Crippen LogP contribution is 2.41. The Morgan fingerprint density at radius 3 is 2.62 bits per heavy atom. The molecule has 0 aliphatic carbocycles. The van der Waals surface area contributed by atoms with Crippen molar-refractivity contribution in [2.75, 3.05) is 27.4 Å². The number of hydrogen-bond donors (Lipinski definition) is 0. The Bertz CT molecular complexity index is 499. The predicted octanol–water partition coefficient (Wildman–Crippen LogP) is 2.59. The van der Waals surface area contributed by atoms with Crippen molar-refractivity contribution >= 4 is 5.97 Å². The molecule has 5 heteroatoms. The van der Waals surface area contributed by atoms with Crippen molar-refractivity contribution in [3.63, 3.8) is 0 Å². The van der Waals surface area contributed by atoms with Crippen LogP contribution in [0, 0.1) is 11.8 Å². The highest BCUT2D eigenvalue weighted by Gasteiger charge is 2.41. The van der Waals surface area contributed by atoms with Gasteiger partial charge in [0, 0.05) is 0 Å². The molecule has 116 valence electrons. The van der Waals surface area contributed by atoms with Gasteiger partial charge in [0.1, 0.15) is 0 Å². The van der Waals surface area contributed by atoms with Crippen molar-refractivity contribution < 1.29 is 23.7 Å². The van der Waals surface area contributed by atoms with Gasteiger partial charge in [0.15, 0.2) is 11.5 Å². The van der Waals surface area contributed by atoms with Gasteiger partial charge in [0.25, 0.3) is 0 Å². The van der Waals surface area contributed by atoms with Crippen LogP contribution in [0.25, 0.3) is 0 Å². The number of rotatable bonds is 5. The molecule has 1 heterocycles. The molecule has 1 aliphatic rings. The van der Waals surface area contributed by atoms with Gasteiger partial charge in [-0.2, -0.15) is 0 Å². The van der Waals surface area contributed by atoms with E-state index >= 15 is 0 Å². The molecule has 2 rings (SSSR count). The quantitative estimate of drug-likeness (QED) is 0.781. The molecular weight excluding hydrogens is 272 g/mol. The topological polar surface area (TPSA) is 54.0 Å². The minimum atomic E-state index is -0.307. The highest BCUT2D eigenvalue weighted by molar-refractivity contribution is 5.74. The molecule has 1 fully saturated rings. The summed E-state index contributed by atoms with van der Waals surface area (Å²) in [7, 11) is 3.18. The maximum atomic E-state index is 12.2. The monoisotopic (exact) mass is 294 g/mol. The first kappa shape index (κ1) is 15.6. The summed E-state index contributed by atoms with van der Waals surface area (Å²) in [6.07, 6.45) is -0.307. The third-order valence-electron chi connectivity index (χ3n) is 3.77. The number of benzene rings is 1. The Labute approximate surface area is 125 Å². The first-order chi connectivity index (χ1) is 10.1. The Kier molecular flexibility index (Phi) is 5.07. The standard InChI is InChI=1S/C16H22O5/c1-5-20-16(17)14-10(2)9-21-15(14)11-6-7-12(18-3)13(8-11)19-4/h6-8,10,14-15H,5,9H2,1-4H3/t10?,14-,15+/m0/s1. The van der Waals surface area contributed by atoms with Crippen LogP contribution >= 0.6 is 0 Å². The summed E-state index contributed by atoms with van der Waals surface area (Å²) >= 11 is 0. The van der Waals surface area contributed by atoms with Gasteiger partial charge >= 0.3 is 5.97 Å². The van der Waals surface area contributed by atoms with Crippen LogP contribution in [0.1, 0.15) is 25.5 Å². The van der Waals surface area contributed by atoms with E-state index in [2.05, 4.69) is 0 Å². The van der Waals surface area contributed by atoms with Gasteiger partial charge in [-0.15, -0.1) is 0 Å². The number of carbonyl (C=O) groups excluding carboxylic acids is 1. The van der Waals surface area contributed by atoms with Gasteiger partial charge in [-0.05, 0) is 30.5 Å². The molecule has 1 saturated heterocycles. The molecule has 0 amide bonds. The fourth-order valence-corrected chi connectivity index (χ4v) is 2.69. The fraction of sp³-hybridized carbons (Fsp3) is 0.562. The number of carbonyl (C=O) groups is 1. The lowest BCUT2D eigenvalue weighted by Gasteiger charge is -2.20. The maximum absolute atomic E-state index is 12.2. The normalized spacial score (nSPS) is 24.7. The van der Waals surface area contributed by atoms with Gasteiger partial charge in [0.05, 0.1) is 39.5 Å². The molecule has 0 aromatic heterocycles.